The summed E-state index contributed by atoms with van der Waals surface area (Å²) in [4.78, 5) is 0. The van der Waals surface area contributed by atoms with Crippen molar-refractivity contribution in [3.63, 3.8) is 0 Å². The minimum Gasteiger partial charge on any atom is -0.489 e. The van der Waals surface area contributed by atoms with Crippen molar-refractivity contribution >= 4 is 66.7 Å². The number of aliphatic hydroxyl groups excluding tert-OH is 1. The molecule has 0 radical (unpaired) electrons. The highest BCUT2D eigenvalue weighted by Gasteiger charge is 2.10. The van der Waals surface area contributed by atoms with E-state index in [9.17, 15) is 5.11 Å². The van der Waals surface area contributed by atoms with E-state index in [1.54, 1.807) is 6.07 Å². The van der Waals surface area contributed by atoms with E-state index in [1.807, 2.05) is 13.0 Å². The van der Waals surface area contributed by atoms with Crippen LogP contribution in [0.3, 0.4) is 0 Å². The van der Waals surface area contributed by atoms with Crippen molar-refractivity contribution in [2.45, 2.75) is 26.9 Å². The number of hydrogen-bond acceptors (Lipinski definition) is 6. The van der Waals surface area contributed by atoms with E-state index in [-0.39, 0.29) is 56.2 Å². The molecule has 0 fully saturated rings. The van der Waals surface area contributed by atoms with Crippen LogP contribution in [-0.4, -0.2) is 37.5 Å². The number of nitrogens with two attached hydrogens (primary N) is 2. The second-order valence-electron chi connectivity index (χ2n) is 6.57. The lowest BCUT2D eigenvalue weighted by Gasteiger charge is -2.16. The molecule has 0 heterocycles. The topological polar surface area (TPSA) is 106 Å². The van der Waals surface area contributed by atoms with Crippen LogP contribution in [0.4, 0.5) is 17.1 Å². The number of hydrogen-bond donors (Lipinski definition) is 5. The summed E-state index contributed by atoms with van der Waals surface area (Å²) in [5, 5.41) is 16.7. The van der Waals surface area contributed by atoms with Crippen LogP contribution in [0.25, 0.3) is 0 Å². The molecule has 2 aromatic rings. The maximum atomic E-state index is 10.0. The summed E-state index contributed by atoms with van der Waals surface area (Å²) in [6, 6.07) is 9.86. The van der Waals surface area contributed by atoms with E-state index in [0.29, 0.717) is 23.7 Å². The molecule has 30 heavy (non-hydrogen) atoms. The first-order valence-electron chi connectivity index (χ1n) is 8.86. The average Bonchev–Trinajstić information content (AvgIpc) is 2.61. The van der Waals surface area contributed by atoms with Gasteiger partial charge in [-0.05, 0) is 43.5 Å². The van der Waals surface area contributed by atoms with Crippen molar-refractivity contribution in [2.24, 2.45) is 0 Å². The van der Waals surface area contributed by atoms with E-state index in [1.165, 1.54) is 16.8 Å². The number of halogens is 4. The van der Waals surface area contributed by atoms with E-state index in [4.69, 9.17) is 16.2 Å². The van der Waals surface area contributed by atoms with Gasteiger partial charge in [-0.15, -0.1) is 49.6 Å². The quantitative estimate of drug-likeness (QED) is 0.262. The van der Waals surface area contributed by atoms with Gasteiger partial charge in [0.25, 0.3) is 0 Å². The van der Waals surface area contributed by atoms with E-state index in [0.717, 1.165) is 18.7 Å². The number of aryl methyl sites for hydroxylation is 3. The maximum absolute atomic E-state index is 10.0. The van der Waals surface area contributed by atoms with Crippen LogP contribution in [0.5, 0.6) is 5.75 Å². The van der Waals surface area contributed by atoms with Gasteiger partial charge in [-0.3, -0.25) is 0 Å². The molecule has 0 saturated carbocycles. The highest BCUT2D eigenvalue weighted by Crippen LogP contribution is 2.30. The van der Waals surface area contributed by atoms with Gasteiger partial charge in [0.1, 0.15) is 18.5 Å². The highest BCUT2D eigenvalue weighted by molar-refractivity contribution is 5.86. The summed E-state index contributed by atoms with van der Waals surface area (Å²) in [5.74, 6) is 0.504. The van der Waals surface area contributed by atoms with Gasteiger partial charge >= 0.3 is 0 Å². The lowest BCUT2D eigenvalue weighted by atomic mass is 10.1. The predicted octanol–water partition coefficient (Wildman–Crippen LogP) is 3.90. The zero-order chi connectivity index (χ0) is 19.1. The third kappa shape index (κ3) is 9.69. The molecule has 0 aliphatic heterocycles. The molecule has 0 aromatic heterocycles. The highest BCUT2D eigenvalue weighted by atomic mass is 35.5. The largest absolute Gasteiger partial charge is 0.489 e. The Hall–Kier alpha value is -1.28. The second-order valence-corrected chi connectivity index (χ2v) is 6.57. The Kier molecular flexibility index (Phi) is 18.3. The normalized spacial score (nSPS) is 10.4. The molecule has 0 bridgehead atoms. The van der Waals surface area contributed by atoms with Crippen LogP contribution < -0.4 is 26.8 Å². The molecule has 1 unspecified atom stereocenters. The van der Waals surface area contributed by atoms with Gasteiger partial charge in [0.2, 0.25) is 0 Å². The lowest BCUT2D eigenvalue weighted by molar-refractivity contribution is 0.107. The lowest BCUT2D eigenvalue weighted by Crippen LogP contribution is -2.34. The summed E-state index contributed by atoms with van der Waals surface area (Å²) >= 11 is 0. The third-order valence-electron chi connectivity index (χ3n) is 4.36. The number of rotatable bonds is 9. The van der Waals surface area contributed by atoms with Crippen LogP contribution in [0.1, 0.15) is 16.7 Å². The number of para-hydroxylation sites is 1. The van der Waals surface area contributed by atoms with Crippen LogP contribution in [-0.2, 0) is 0 Å². The Balaban J connectivity index is -0.00000182. The third-order valence-corrected chi connectivity index (χ3v) is 4.36. The fourth-order valence-corrected chi connectivity index (χ4v) is 2.73. The van der Waals surface area contributed by atoms with E-state index in [2.05, 4.69) is 42.7 Å². The molecule has 6 nitrogen and oxygen atoms in total. The number of nitrogen functional groups attached to an aromatic ring is 2. The standard InChI is InChI=1S/C20H30N4O2.4ClH/c1-13-7-8-17(19(22)18(13)21)26-12-16(25)11-23-9-10-24-20-14(2)5-4-6-15(20)3;;;;/h4-8,16,23-25H,9-12,21-22H2,1-3H3;4*1H. The Morgan fingerprint density at radius 1 is 0.867 bits per heavy atom. The van der Waals surface area contributed by atoms with Crippen LogP contribution >= 0.6 is 49.6 Å². The van der Waals surface area contributed by atoms with Gasteiger partial charge in [-0.2, -0.15) is 0 Å². The van der Waals surface area contributed by atoms with Crippen molar-refractivity contribution in [3.05, 3.63) is 47.0 Å². The molecule has 7 N–H and O–H groups in total. The molecule has 10 heteroatoms. The van der Waals surface area contributed by atoms with Crippen molar-refractivity contribution < 1.29 is 9.84 Å². The fourth-order valence-electron chi connectivity index (χ4n) is 2.73. The summed E-state index contributed by atoms with van der Waals surface area (Å²) < 4.78 is 5.58. The molecule has 0 saturated heterocycles. The number of nitrogens with one attached hydrogen (secondary N) is 2. The zero-order valence-electron chi connectivity index (χ0n) is 17.4. The molecule has 0 aliphatic carbocycles. The summed E-state index contributed by atoms with van der Waals surface area (Å²) in [6.07, 6.45) is -0.628. The van der Waals surface area contributed by atoms with Crippen LogP contribution in [0.2, 0.25) is 0 Å². The van der Waals surface area contributed by atoms with Crippen LogP contribution in [0.15, 0.2) is 30.3 Å². The predicted molar refractivity (Wildman–Crippen MR) is 138 cm³/mol. The summed E-state index contributed by atoms with van der Waals surface area (Å²) in [5.41, 5.74) is 17.3. The first-order chi connectivity index (χ1) is 12.4. The molecular weight excluding hydrogens is 470 g/mol. The fraction of sp³-hybridized carbons (Fsp3) is 0.400. The summed E-state index contributed by atoms with van der Waals surface area (Å²) in [6.45, 7) is 8.19. The van der Waals surface area contributed by atoms with Gasteiger partial charge in [0.05, 0.1) is 11.4 Å². The first kappa shape index (κ1) is 33.4. The van der Waals surface area contributed by atoms with Gasteiger partial charge in [0.15, 0.2) is 0 Å². The SMILES string of the molecule is Cc1ccc(OCC(O)CNCCNc2c(C)cccc2C)c(N)c1N.Cl.Cl.Cl.Cl. The second kappa shape index (κ2) is 16.4. The van der Waals surface area contributed by atoms with Gasteiger partial charge in [-0.25, -0.2) is 0 Å². The molecule has 2 aromatic carbocycles. The smallest absolute Gasteiger partial charge is 0.144 e. The number of anilines is 3. The molecule has 1 atom stereocenters. The molecule has 2 rings (SSSR count). The number of aliphatic hydroxyl groups is 1. The average molecular weight is 504 g/mol. The Labute approximate surface area is 204 Å². The molecule has 0 amide bonds. The monoisotopic (exact) mass is 502 g/mol. The van der Waals surface area contributed by atoms with E-state index < -0.39 is 6.10 Å². The van der Waals surface area contributed by atoms with Crippen molar-refractivity contribution in [1.29, 1.82) is 0 Å². The van der Waals surface area contributed by atoms with Crippen molar-refractivity contribution in [1.82, 2.24) is 5.32 Å². The Bertz CT molecular complexity index is 731. The van der Waals surface area contributed by atoms with Gasteiger partial charge in [0, 0.05) is 25.3 Å². The Morgan fingerprint density at radius 2 is 1.47 bits per heavy atom. The minimum absolute atomic E-state index is 0. The van der Waals surface area contributed by atoms with Crippen molar-refractivity contribution in [3.8, 4) is 5.75 Å². The zero-order valence-corrected chi connectivity index (χ0v) is 20.7. The van der Waals surface area contributed by atoms with Crippen molar-refractivity contribution in [2.75, 3.05) is 43.0 Å². The van der Waals surface area contributed by atoms with Crippen LogP contribution in [0, 0.1) is 20.8 Å². The molecule has 174 valence electrons. The van der Waals surface area contributed by atoms with Gasteiger partial charge < -0.3 is 31.9 Å². The maximum Gasteiger partial charge on any atom is 0.144 e. The Morgan fingerprint density at radius 3 is 2.07 bits per heavy atom. The molecule has 0 spiro atoms. The summed E-state index contributed by atoms with van der Waals surface area (Å²) in [7, 11) is 0. The number of ether oxygens (including phenoxy) is 1. The van der Waals surface area contributed by atoms with Gasteiger partial charge in [-0.1, -0.05) is 24.3 Å². The molecular formula is C20H34Cl4N4O2. The van der Waals surface area contributed by atoms with E-state index >= 15 is 0 Å². The number of benzene rings is 2. The first-order valence-corrected chi connectivity index (χ1v) is 8.86. The minimum atomic E-state index is -0.628. The molecule has 0 aliphatic rings.